The molecule has 0 aliphatic rings. The molecule has 0 aromatic heterocycles. The minimum atomic E-state index is -4.06. The number of sulfonamides is 1. The Labute approximate surface area is 208 Å². The van der Waals surface area contributed by atoms with Crippen molar-refractivity contribution in [1.82, 2.24) is 0 Å². The van der Waals surface area contributed by atoms with Crippen LogP contribution in [0.15, 0.2) is 76.1 Å². The Balaban J connectivity index is 1.92. The monoisotopic (exact) mass is 546 g/mol. The SMILES string of the molecule is COc1ccc(S(=O)(=O)N(CC(=O)Nc2cccc(OC(C)C)c2)c2ccc(C)cc2)cc1Br. The number of hydrogen-bond acceptors (Lipinski definition) is 5. The van der Waals surface area contributed by atoms with E-state index in [2.05, 4.69) is 21.2 Å². The van der Waals surface area contributed by atoms with Crippen molar-refractivity contribution in [2.24, 2.45) is 0 Å². The summed E-state index contributed by atoms with van der Waals surface area (Å²) in [6, 6.07) is 18.4. The Morgan fingerprint density at radius 2 is 1.76 bits per heavy atom. The van der Waals surface area contributed by atoms with Crippen molar-refractivity contribution in [2.75, 3.05) is 23.3 Å². The number of halogens is 1. The van der Waals surface area contributed by atoms with E-state index in [0.29, 0.717) is 27.3 Å². The molecular weight excluding hydrogens is 520 g/mol. The fourth-order valence-corrected chi connectivity index (χ4v) is 5.35. The van der Waals surface area contributed by atoms with E-state index in [4.69, 9.17) is 9.47 Å². The molecule has 180 valence electrons. The molecule has 34 heavy (non-hydrogen) atoms. The van der Waals surface area contributed by atoms with Gasteiger partial charge >= 0.3 is 0 Å². The standard InChI is InChI=1S/C25H27BrN2O5S/c1-17(2)33-21-7-5-6-19(14-21)27-25(29)16-28(20-10-8-18(3)9-11-20)34(30,31)22-12-13-24(32-4)23(26)15-22/h5-15,17H,16H2,1-4H3,(H,27,29). The predicted octanol–water partition coefficient (Wildman–Crippen LogP) is 5.39. The third kappa shape index (κ3) is 6.30. The fourth-order valence-electron chi connectivity index (χ4n) is 3.21. The van der Waals surface area contributed by atoms with Crippen LogP contribution in [-0.4, -0.2) is 34.1 Å². The highest BCUT2D eigenvalue weighted by Gasteiger charge is 2.28. The van der Waals surface area contributed by atoms with E-state index in [1.54, 1.807) is 54.6 Å². The molecule has 0 saturated carbocycles. The zero-order chi connectivity index (χ0) is 24.9. The molecule has 0 bridgehead atoms. The van der Waals surface area contributed by atoms with Crippen LogP contribution in [0.2, 0.25) is 0 Å². The molecule has 9 heteroatoms. The summed E-state index contributed by atoms with van der Waals surface area (Å²) in [6.45, 7) is 5.31. The van der Waals surface area contributed by atoms with Gasteiger partial charge in [0.05, 0.1) is 28.3 Å². The molecule has 0 unspecified atom stereocenters. The van der Waals surface area contributed by atoms with Crippen LogP contribution in [0.4, 0.5) is 11.4 Å². The third-order valence-electron chi connectivity index (χ3n) is 4.81. The van der Waals surface area contributed by atoms with Gasteiger partial charge in [0.25, 0.3) is 10.0 Å². The first-order valence-electron chi connectivity index (χ1n) is 10.6. The van der Waals surface area contributed by atoms with E-state index in [-0.39, 0.29) is 11.0 Å². The summed E-state index contributed by atoms with van der Waals surface area (Å²) >= 11 is 3.33. The van der Waals surface area contributed by atoms with Gasteiger partial charge in [-0.15, -0.1) is 0 Å². The predicted molar refractivity (Wildman–Crippen MR) is 137 cm³/mol. The average molecular weight is 547 g/mol. The van der Waals surface area contributed by atoms with Gasteiger partial charge in [-0.05, 0) is 79.2 Å². The second kappa shape index (κ2) is 10.9. The minimum absolute atomic E-state index is 0.0167. The maximum Gasteiger partial charge on any atom is 0.264 e. The normalized spacial score (nSPS) is 11.2. The van der Waals surface area contributed by atoms with E-state index >= 15 is 0 Å². The van der Waals surface area contributed by atoms with Crippen LogP contribution in [0, 0.1) is 6.92 Å². The zero-order valence-corrected chi connectivity index (χ0v) is 21.8. The van der Waals surface area contributed by atoms with Crippen LogP contribution in [0.1, 0.15) is 19.4 Å². The van der Waals surface area contributed by atoms with Gasteiger partial charge in [-0.1, -0.05) is 23.8 Å². The molecule has 3 aromatic carbocycles. The lowest BCUT2D eigenvalue weighted by Crippen LogP contribution is -2.38. The number of carbonyl (C=O) groups excluding carboxylic acids is 1. The minimum Gasteiger partial charge on any atom is -0.496 e. The Bertz CT molecular complexity index is 1260. The number of rotatable bonds is 9. The van der Waals surface area contributed by atoms with Gasteiger partial charge in [0.2, 0.25) is 5.91 Å². The molecule has 0 spiro atoms. The molecule has 3 aromatic rings. The van der Waals surface area contributed by atoms with Gasteiger partial charge in [-0.2, -0.15) is 0 Å². The van der Waals surface area contributed by atoms with Gasteiger partial charge < -0.3 is 14.8 Å². The maximum absolute atomic E-state index is 13.6. The molecule has 1 N–H and O–H groups in total. The highest BCUT2D eigenvalue weighted by Crippen LogP contribution is 2.31. The zero-order valence-electron chi connectivity index (χ0n) is 19.4. The second-order valence-corrected chi connectivity index (χ2v) is 10.6. The highest BCUT2D eigenvalue weighted by molar-refractivity contribution is 9.10. The van der Waals surface area contributed by atoms with E-state index in [9.17, 15) is 13.2 Å². The number of hydrogen-bond donors (Lipinski definition) is 1. The molecule has 0 aliphatic carbocycles. The van der Waals surface area contributed by atoms with Crippen molar-refractivity contribution >= 4 is 43.2 Å². The smallest absolute Gasteiger partial charge is 0.264 e. The first kappa shape index (κ1) is 25.6. The summed E-state index contributed by atoms with van der Waals surface area (Å²) in [5.41, 5.74) is 1.86. The lowest BCUT2D eigenvalue weighted by molar-refractivity contribution is -0.114. The number of amides is 1. The van der Waals surface area contributed by atoms with Gasteiger partial charge in [-0.3, -0.25) is 9.10 Å². The molecule has 0 heterocycles. The van der Waals surface area contributed by atoms with Gasteiger partial charge in [-0.25, -0.2) is 8.42 Å². The van der Waals surface area contributed by atoms with Crippen LogP contribution in [0.3, 0.4) is 0 Å². The molecule has 7 nitrogen and oxygen atoms in total. The largest absolute Gasteiger partial charge is 0.496 e. The number of nitrogens with one attached hydrogen (secondary N) is 1. The number of anilines is 2. The number of benzene rings is 3. The van der Waals surface area contributed by atoms with Gasteiger partial charge in [0, 0.05) is 11.8 Å². The number of nitrogens with zero attached hydrogens (tertiary/aromatic N) is 1. The topological polar surface area (TPSA) is 84.9 Å². The molecular formula is C25H27BrN2O5S. The quantitative estimate of drug-likeness (QED) is 0.389. The summed E-state index contributed by atoms with van der Waals surface area (Å²) < 4.78 is 39.6. The van der Waals surface area contributed by atoms with E-state index in [1.165, 1.54) is 19.2 Å². The molecule has 3 rings (SSSR count). The molecule has 0 fully saturated rings. The summed E-state index contributed by atoms with van der Waals surface area (Å²) in [7, 11) is -2.57. The number of carbonyl (C=O) groups is 1. The molecule has 0 atom stereocenters. The first-order chi connectivity index (χ1) is 16.1. The summed E-state index contributed by atoms with van der Waals surface area (Å²) in [5, 5.41) is 2.77. The lowest BCUT2D eigenvalue weighted by Gasteiger charge is -2.24. The molecule has 0 aliphatic heterocycles. The van der Waals surface area contributed by atoms with Gasteiger partial charge in [0.15, 0.2) is 0 Å². The van der Waals surface area contributed by atoms with Crippen LogP contribution >= 0.6 is 15.9 Å². The lowest BCUT2D eigenvalue weighted by atomic mass is 10.2. The Morgan fingerprint density at radius 3 is 2.38 bits per heavy atom. The average Bonchev–Trinajstić information content (AvgIpc) is 2.78. The maximum atomic E-state index is 13.6. The Hall–Kier alpha value is -3.04. The number of methoxy groups -OCH3 is 1. The van der Waals surface area contributed by atoms with Gasteiger partial charge in [0.1, 0.15) is 18.0 Å². The van der Waals surface area contributed by atoms with Crippen molar-refractivity contribution in [3.8, 4) is 11.5 Å². The van der Waals surface area contributed by atoms with Crippen molar-refractivity contribution in [3.05, 3.63) is 76.8 Å². The van der Waals surface area contributed by atoms with Crippen molar-refractivity contribution < 1.29 is 22.7 Å². The van der Waals surface area contributed by atoms with Crippen LogP contribution in [-0.2, 0) is 14.8 Å². The van der Waals surface area contributed by atoms with Crippen LogP contribution in [0.25, 0.3) is 0 Å². The summed E-state index contributed by atoms with van der Waals surface area (Å²) in [6.07, 6.45) is -0.0167. The van der Waals surface area contributed by atoms with Crippen molar-refractivity contribution in [1.29, 1.82) is 0 Å². The fraction of sp³-hybridized carbons (Fsp3) is 0.240. The van der Waals surface area contributed by atoms with Crippen LogP contribution in [0.5, 0.6) is 11.5 Å². The molecule has 1 amide bonds. The van der Waals surface area contributed by atoms with E-state index < -0.39 is 22.5 Å². The third-order valence-corrected chi connectivity index (χ3v) is 7.20. The van der Waals surface area contributed by atoms with E-state index in [1.807, 2.05) is 20.8 Å². The van der Waals surface area contributed by atoms with E-state index in [0.717, 1.165) is 9.87 Å². The van der Waals surface area contributed by atoms with Crippen molar-refractivity contribution in [3.63, 3.8) is 0 Å². The summed E-state index contributed by atoms with van der Waals surface area (Å²) in [4.78, 5) is 13.0. The number of aryl methyl sites for hydroxylation is 1. The molecule has 0 saturated heterocycles. The second-order valence-electron chi connectivity index (χ2n) is 7.89. The first-order valence-corrected chi connectivity index (χ1v) is 12.8. The summed E-state index contributed by atoms with van der Waals surface area (Å²) in [5.74, 6) is 0.624. The van der Waals surface area contributed by atoms with Crippen molar-refractivity contribution in [2.45, 2.75) is 31.8 Å². The molecule has 0 radical (unpaired) electrons. The van der Waals surface area contributed by atoms with Crippen LogP contribution < -0.4 is 19.1 Å². The Morgan fingerprint density at radius 1 is 1.06 bits per heavy atom. The Kier molecular flexibility index (Phi) is 8.22. The number of ether oxygens (including phenoxy) is 2. The highest BCUT2D eigenvalue weighted by atomic mass is 79.9.